The number of likely N-dealkylation sites (N-methyl/N-ethyl adjacent to an activating group) is 3. The van der Waals surface area contributed by atoms with Crippen molar-refractivity contribution in [3.63, 3.8) is 0 Å². The van der Waals surface area contributed by atoms with E-state index in [-0.39, 0.29) is 71.2 Å². The maximum Gasteiger partial charge on any atom is 0.410 e. The minimum atomic E-state index is -0.551. The summed E-state index contributed by atoms with van der Waals surface area (Å²) in [5, 5.41) is 27.6. The predicted octanol–water partition coefficient (Wildman–Crippen LogP) is 11.2. The number of H-pyrrole nitrogens is 3. The highest BCUT2D eigenvalue weighted by Crippen LogP contribution is 2.34. The predicted molar refractivity (Wildman–Crippen MR) is 371 cm³/mol. The van der Waals surface area contributed by atoms with Gasteiger partial charge >= 0.3 is 18.3 Å². The van der Waals surface area contributed by atoms with Crippen LogP contribution in [0.25, 0.3) is 0 Å². The number of nitrogens with zero attached hydrogens (tertiary/aromatic N) is 7. The van der Waals surface area contributed by atoms with Gasteiger partial charge in [0.2, 0.25) is 0 Å². The summed E-state index contributed by atoms with van der Waals surface area (Å²) in [5.41, 5.74) is 9.56. The van der Waals surface area contributed by atoms with Gasteiger partial charge in [-0.3, -0.25) is 24.9 Å². The number of halogens is 2. The van der Waals surface area contributed by atoms with Crippen LogP contribution >= 0.6 is 24.8 Å². The summed E-state index contributed by atoms with van der Waals surface area (Å²) in [5.74, 6) is 2.50. The summed E-state index contributed by atoms with van der Waals surface area (Å²) >= 11 is 0. The summed E-state index contributed by atoms with van der Waals surface area (Å²) in [4.78, 5) is 72.8. The minimum absolute atomic E-state index is 0. The number of carbonyl (C=O) groups excluding carboxylic acids is 6. The molecule has 5 N–H and O–H groups in total. The summed E-state index contributed by atoms with van der Waals surface area (Å²) < 4.78 is 28.5. The Morgan fingerprint density at radius 1 is 0.547 bits per heavy atom. The lowest BCUT2D eigenvalue weighted by molar-refractivity contribution is -0.191. The number of nitrogens with one attached hydrogen (secondary N) is 5. The number of hydrogen-bond donors (Lipinski definition) is 5. The molecule has 0 bridgehead atoms. The quantitative estimate of drug-likeness (QED) is 0.0634. The highest BCUT2D eigenvalue weighted by molar-refractivity contribution is 5.94. The Labute approximate surface area is 574 Å². The minimum Gasteiger partial charge on any atom is -0.492 e. The van der Waals surface area contributed by atoms with Crippen molar-refractivity contribution in [3.8, 4) is 17.2 Å². The molecule has 25 heteroatoms. The van der Waals surface area contributed by atoms with Gasteiger partial charge in [-0.25, -0.2) is 9.59 Å². The molecule has 0 unspecified atom stereocenters. The Bertz CT molecular complexity index is 3420. The normalized spacial score (nSPS) is 13.2. The number of carbonyl (C=O) groups is 4. The summed E-state index contributed by atoms with van der Waals surface area (Å²) in [6.45, 7) is 37.8. The molecule has 0 saturated heterocycles. The zero-order valence-electron chi connectivity index (χ0n) is 59.0. The number of amides is 4. The zero-order chi connectivity index (χ0) is 68.9. The molecule has 3 aromatic carbocycles. The highest BCUT2D eigenvalue weighted by atomic mass is 35.5. The van der Waals surface area contributed by atoms with E-state index in [0.717, 1.165) is 83.5 Å². The molecule has 524 valence electrons. The molecule has 95 heavy (non-hydrogen) atoms. The van der Waals surface area contributed by atoms with Crippen LogP contribution in [0, 0.1) is 0 Å². The van der Waals surface area contributed by atoms with Gasteiger partial charge in [-0.2, -0.15) is 24.9 Å². The van der Waals surface area contributed by atoms with E-state index in [2.05, 4.69) is 128 Å². The third kappa shape index (κ3) is 25.3. The molecule has 4 amide bonds. The van der Waals surface area contributed by atoms with Gasteiger partial charge in [0.1, 0.15) is 48.3 Å². The van der Waals surface area contributed by atoms with Gasteiger partial charge in [0, 0.05) is 51.4 Å². The van der Waals surface area contributed by atoms with Crippen LogP contribution in [-0.2, 0) is 74.2 Å². The molecule has 0 aliphatic carbocycles. The van der Waals surface area contributed by atoms with Gasteiger partial charge < -0.3 is 53.9 Å². The monoisotopic (exact) mass is 1360 g/mol. The lowest BCUT2D eigenvalue weighted by atomic mass is 9.86. The third-order valence-electron chi connectivity index (χ3n) is 15.0. The van der Waals surface area contributed by atoms with Gasteiger partial charge in [-0.15, -0.1) is 24.8 Å². The Balaban J connectivity index is 0.000000338. The van der Waals surface area contributed by atoms with Gasteiger partial charge in [-0.1, -0.05) is 117 Å². The first kappa shape index (κ1) is 81.3. The van der Waals surface area contributed by atoms with E-state index in [0.29, 0.717) is 76.9 Å². The fourth-order valence-corrected chi connectivity index (χ4v) is 10.1. The second kappa shape index (κ2) is 36.8. The fourth-order valence-electron chi connectivity index (χ4n) is 10.1. The Kier molecular flexibility index (Phi) is 31.5. The number of para-hydroxylation sites is 3. The number of aromatic nitrogens is 6. The molecule has 0 saturated carbocycles. The second-order valence-corrected chi connectivity index (χ2v) is 28.1. The molecular formula is C70H104Cl2N12O11. The van der Waals surface area contributed by atoms with Crippen LogP contribution in [0.1, 0.15) is 175 Å². The number of ether oxygens (including phenoxy) is 5. The van der Waals surface area contributed by atoms with Crippen molar-refractivity contribution in [1.82, 2.24) is 60.8 Å². The molecule has 23 nitrogen and oxygen atoms in total. The average molecular weight is 1360 g/mol. The van der Waals surface area contributed by atoms with Crippen molar-refractivity contribution in [1.29, 1.82) is 0 Å². The molecule has 0 radical (unpaired) electrons. The second-order valence-electron chi connectivity index (χ2n) is 28.1. The van der Waals surface area contributed by atoms with E-state index in [4.69, 9.17) is 33.3 Å². The van der Waals surface area contributed by atoms with Crippen LogP contribution in [0.3, 0.4) is 0 Å². The first-order valence-corrected chi connectivity index (χ1v) is 31.8. The number of benzene rings is 3. The van der Waals surface area contributed by atoms with Crippen molar-refractivity contribution < 1.29 is 52.5 Å². The maximum atomic E-state index is 13.0. The molecule has 3 aromatic heterocycles. The molecule has 3 aliphatic heterocycles. The lowest BCUT2D eigenvalue weighted by Crippen LogP contribution is -2.40. The van der Waals surface area contributed by atoms with Crippen molar-refractivity contribution >= 4 is 55.0 Å². The third-order valence-corrected chi connectivity index (χ3v) is 15.0. The molecule has 6 heterocycles. The largest absolute Gasteiger partial charge is 0.492 e. The average Bonchev–Trinajstić information content (AvgIpc) is 1.71. The molecule has 6 aromatic rings. The first-order valence-electron chi connectivity index (χ1n) is 31.8. The number of fused-ring (bicyclic) bond motifs is 3. The van der Waals surface area contributed by atoms with Crippen molar-refractivity contribution in [2.24, 2.45) is 0 Å². The van der Waals surface area contributed by atoms with E-state index >= 15 is 0 Å². The molecule has 9 rings (SSSR count). The Morgan fingerprint density at radius 2 is 0.937 bits per heavy atom. The summed E-state index contributed by atoms with van der Waals surface area (Å²) in [6.07, 6.45) is 3.67. The number of hydrogen-bond acceptors (Lipinski definition) is 16. The number of aromatic amines is 3. The van der Waals surface area contributed by atoms with Gasteiger partial charge in [-0.05, 0) is 131 Å². The summed E-state index contributed by atoms with van der Waals surface area (Å²) in [6, 6.07) is 24.3. The smallest absolute Gasteiger partial charge is 0.410 e. The van der Waals surface area contributed by atoms with Crippen molar-refractivity contribution in [2.45, 2.75) is 170 Å². The van der Waals surface area contributed by atoms with E-state index < -0.39 is 11.2 Å². The topological polar surface area (TPSA) is 272 Å². The van der Waals surface area contributed by atoms with E-state index in [9.17, 15) is 19.2 Å². The molecule has 0 spiro atoms. The zero-order valence-corrected chi connectivity index (χ0v) is 60.7. The van der Waals surface area contributed by atoms with E-state index in [1.165, 1.54) is 16.7 Å². The van der Waals surface area contributed by atoms with Gasteiger partial charge in [0.15, 0.2) is 11.4 Å². The first-order chi connectivity index (χ1) is 43.7. The van der Waals surface area contributed by atoms with Crippen LogP contribution in [0.2, 0.25) is 0 Å². The highest BCUT2D eigenvalue weighted by Gasteiger charge is 2.32. The van der Waals surface area contributed by atoms with Crippen molar-refractivity contribution in [3.05, 3.63) is 141 Å². The van der Waals surface area contributed by atoms with E-state index in [1.807, 2.05) is 103 Å². The fraction of sp³-hybridized carbons (Fsp3) is 0.543. The Hall–Kier alpha value is -7.95. The van der Waals surface area contributed by atoms with Crippen LogP contribution in [0.5, 0.6) is 17.2 Å². The van der Waals surface area contributed by atoms with Crippen molar-refractivity contribution in [2.75, 3.05) is 80.2 Å². The van der Waals surface area contributed by atoms with Crippen LogP contribution in [-0.4, -0.2) is 172 Å². The summed E-state index contributed by atoms with van der Waals surface area (Å²) in [7, 11) is 5.47. The standard InChI is InChI=1S/C25H36N4O4.C20H28N4O2.C13H21NO.C11H17N3O2.CO2.2ClH/c1-24(2,3)18-10-8-9-11-20(18)32-15-14-28(7)22(30)21-17-12-13-29(16-19(17)26-27-21)23(31)33-25(4,5)6;1-20(2,3)15-7-5-6-8-17(15)26-12-11-24(4)19(25)18-14-9-10-21-13-16(14)22-23-18;1-13(2,3)11-7-5-6-8-12(11)15-10-9-14-4;1-11(2,3)16-10(15)14-5-4-8-6-12-13-9(8)7-14;2-1-3;;/h8-11H,12-16H2,1-7H3,(H,26,27);5-8,21H,9-13H2,1-4H3,(H,22,23);5-8,14H,9-10H2,1-4H3;6H,4-5,7H2,1-3H3,(H,12,13);;2*1H. The van der Waals surface area contributed by atoms with Crippen LogP contribution in [0.15, 0.2) is 79.0 Å². The SMILES string of the molecule is CC(C)(C)OC(=O)N1CCc2cn[nH]c2C1.CN(CCOc1ccccc1C(C)(C)C)C(=O)c1n[nH]c2c1CCN(C(=O)OC(C)(C)C)C2.CN(CCOc1ccccc1C(C)(C)C)C(=O)c1n[nH]c2c1CCNC2.CNCCOc1ccccc1C(C)(C)C.Cl.Cl.O=C=O. The molecular weight excluding hydrogens is 1260 g/mol. The maximum absolute atomic E-state index is 13.0. The molecule has 0 atom stereocenters. The van der Waals surface area contributed by atoms with E-state index in [1.54, 1.807) is 33.7 Å². The Morgan fingerprint density at radius 3 is 1.36 bits per heavy atom. The van der Waals surface area contributed by atoms with Crippen LogP contribution < -0.4 is 24.8 Å². The van der Waals surface area contributed by atoms with Gasteiger partial charge in [0.05, 0.1) is 49.5 Å². The number of rotatable bonds is 14. The lowest BCUT2D eigenvalue weighted by Gasteiger charge is -2.30. The molecule has 0 fully saturated rings. The van der Waals surface area contributed by atoms with Gasteiger partial charge in [0.25, 0.3) is 11.8 Å². The molecule has 3 aliphatic rings. The van der Waals surface area contributed by atoms with Crippen LogP contribution in [0.4, 0.5) is 9.59 Å².